The van der Waals surface area contributed by atoms with Gasteiger partial charge in [-0.15, -0.1) is 0 Å². The average Bonchev–Trinajstić information content (AvgIpc) is 2.54. The lowest BCUT2D eigenvalue weighted by Gasteiger charge is -2.35. The molecular formula is C16H19BrN2O5. The lowest BCUT2D eigenvalue weighted by atomic mass is 10.2. The van der Waals surface area contributed by atoms with Gasteiger partial charge in [0.2, 0.25) is 5.91 Å². The fourth-order valence-corrected chi connectivity index (χ4v) is 2.70. The first kappa shape index (κ1) is 18.4. The van der Waals surface area contributed by atoms with Crippen molar-refractivity contribution in [3.63, 3.8) is 0 Å². The van der Waals surface area contributed by atoms with Crippen LogP contribution in [0.1, 0.15) is 23.7 Å². The first-order valence-corrected chi connectivity index (χ1v) is 8.36. The summed E-state index contributed by atoms with van der Waals surface area (Å²) < 4.78 is 6.15. The maximum Gasteiger partial charge on any atom is 0.334 e. The molecule has 1 aliphatic rings. The van der Waals surface area contributed by atoms with Crippen molar-refractivity contribution >= 4 is 33.7 Å². The Hall–Kier alpha value is -1.93. The van der Waals surface area contributed by atoms with E-state index in [-0.39, 0.29) is 37.4 Å². The van der Waals surface area contributed by atoms with Gasteiger partial charge in [-0.1, -0.05) is 15.9 Å². The second-order valence-electron chi connectivity index (χ2n) is 5.59. The summed E-state index contributed by atoms with van der Waals surface area (Å²) in [5.41, 5.74) is 0.511. The smallest absolute Gasteiger partial charge is 0.334 e. The van der Waals surface area contributed by atoms with Gasteiger partial charge in [-0.05, 0) is 31.2 Å². The minimum Gasteiger partial charge on any atom is -0.479 e. The summed E-state index contributed by atoms with van der Waals surface area (Å²) in [6.45, 7) is 2.30. The largest absolute Gasteiger partial charge is 0.479 e. The van der Waals surface area contributed by atoms with Crippen molar-refractivity contribution in [1.29, 1.82) is 0 Å². The Kier molecular flexibility index (Phi) is 6.33. The van der Waals surface area contributed by atoms with Gasteiger partial charge in [0.15, 0.2) is 6.10 Å². The molecule has 0 bridgehead atoms. The third kappa shape index (κ3) is 5.04. The van der Waals surface area contributed by atoms with E-state index in [0.29, 0.717) is 12.1 Å². The van der Waals surface area contributed by atoms with Gasteiger partial charge in [-0.25, -0.2) is 4.79 Å². The molecule has 8 heteroatoms. The molecule has 0 aliphatic carbocycles. The Morgan fingerprint density at radius 2 is 1.96 bits per heavy atom. The molecule has 1 heterocycles. The highest BCUT2D eigenvalue weighted by molar-refractivity contribution is 9.10. The van der Waals surface area contributed by atoms with Crippen LogP contribution in [-0.4, -0.2) is 59.6 Å². The van der Waals surface area contributed by atoms with Gasteiger partial charge in [-0.3, -0.25) is 9.59 Å². The van der Waals surface area contributed by atoms with Gasteiger partial charge in [0.05, 0.1) is 12.6 Å². The monoisotopic (exact) mass is 398 g/mol. The van der Waals surface area contributed by atoms with E-state index in [2.05, 4.69) is 21.2 Å². The quantitative estimate of drug-likeness (QED) is 0.778. The lowest BCUT2D eigenvalue weighted by molar-refractivity contribution is -0.166. The first-order chi connectivity index (χ1) is 11.4. The fourth-order valence-electron chi connectivity index (χ4n) is 2.44. The van der Waals surface area contributed by atoms with Crippen molar-refractivity contribution in [2.75, 3.05) is 19.6 Å². The average molecular weight is 399 g/mol. The number of rotatable bonds is 5. The number of nitrogens with zero attached hydrogens (tertiary/aromatic N) is 1. The number of morpholine rings is 1. The highest BCUT2D eigenvalue weighted by Crippen LogP contribution is 2.13. The number of hydrogen-bond acceptors (Lipinski definition) is 4. The number of carboxylic acids is 1. The number of carboxylic acid groups (broad SMARTS) is 1. The zero-order valence-electron chi connectivity index (χ0n) is 13.2. The molecule has 2 rings (SSSR count). The third-order valence-corrected chi connectivity index (χ3v) is 4.15. The number of hydrogen-bond donors (Lipinski definition) is 2. The van der Waals surface area contributed by atoms with Gasteiger partial charge in [0.1, 0.15) is 0 Å². The van der Waals surface area contributed by atoms with Crippen molar-refractivity contribution in [3.8, 4) is 0 Å². The van der Waals surface area contributed by atoms with E-state index in [1.165, 1.54) is 4.90 Å². The van der Waals surface area contributed by atoms with E-state index in [4.69, 9.17) is 9.84 Å². The summed E-state index contributed by atoms with van der Waals surface area (Å²) in [6.07, 6.45) is -1.22. The van der Waals surface area contributed by atoms with Crippen LogP contribution < -0.4 is 5.32 Å². The van der Waals surface area contributed by atoms with E-state index < -0.39 is 12.1 Å². The van der Waals surface area contributed by atoms with Crippen LogP contribution in [0.2, 0.25) is 0 Å². The first-order valence-electron chi connectivity index (χ1n) is 7.56. The molecule has 1 saturated heterocycles. The van der Waals surface area contributed by atoms with Crippen molar-refractivity contribution in [1.82, 2.24) is 10.2 Å². The van der Waals surface area contributed by atoms with E-state index in [1.54, 1.807) is 31.2 Å². The van der Waals surface area contributed by atoms with Crippen LogP contribution in [0.15, 0.2) is 28.7 Å². The molecule has 1 fully saturated rings. The number of carbonyl (C=O) groups excluding carboxylic acids is 2. The van der Waals surface area contributed by atoms with Crippen LogP contribution in [0.25, 0.3) is 0 Å². The number of carbonyl (C=O) groups is 3. The van der Waals surface area contributed by atoms with Crippen LogP contribution in [0.3, 0.4) is 0 Å². The zero-order chi connectivity index (χ0) is 17.7. The molecule has 0 saturated carbocycles. The number of benzene rings is 1. The Bertz CT molecular complexity index is 619. The molecule has 1 aromatic rings. The fraction of sp³-hybridized carbons (Fsp3) is 0.438. The molecule has 0 radical (unpaired) electrons. The Morgan fingerprint density at radius 3 is 2.58 bits per heavy atom. The summed E-state index contributed by atoms with van der Waals surface area (Å²) >= 11 is 3.30. The lowest BCUT2D eigenvalue weighted by Crippen LogP contribution is -2.52. The van der Waals surface area contributed by atoms with Crippen LogP contribution in [0, 0.1) is 0 Å². The molecule has 24 heavy (non-hydrogen) atoms. The number of amides is 2. The summed E-state index contributed by atoms with van der Waals surface area (Å²) in [4.78, 5) is 36.7. The maximum absolute atomic E-state index is 12.2. The van der Waals surface area contributed by atoms with E-state index in [9.17, 15) is 14.4 Å². The molecule has 2 amide bonds. The minimum atomic E-state index is -1.08. The minimum absolute atomic E-state index is 0.0269. The molecule has 1 aromatic carbocycles. The highest BCUT2D eigenvalue weighted by atomic mass is 79.9. The second kappa shape index (κ2) is 8.25. The Morgan fingerprint density at radius 1 is 1.29 bits per heavy atom. The predicted molar refractivity (Wildman–Crippen MR) is 89.6 cm³/mol. The summed E-state index contributed by atoms with van der Waals surface area (Å²) in [5.74, 6) is -1.54. The zero-order valence-corrected chi connectivity index (χ0v) is 14.8. The van der Waals surface area contributed by atoms with Crippen molar-refractivity contribution in [3.05, 3.63) is 34.3 Å². The van der Waals surface area contributed by atoms with E-state index in [0.717, 1.165) is 4.47 Å². The predicted octanol–water partition coefficient (Wildman–Crippen LogP) is 1.27. The molecular weight excluding hydrogens is 380 g/mol. The Labute approximate surface area is 148 Å². The van der Waals surface area contributed by atoms with E-state index >= 15 is 0 Å². The summed E-state index contributed by atoms with van der Waals surface area (Å²) in [7, 11) is 0. The SMILES string of the molecule is C[C@@H]1CN(C(=O)CCNC(=O)c2ccc(Br)cc2)CC(C(=O)O)O1. The van der Waals surface area contributed by atoms with Gasteiger partial charge < -0.3 is 20.1 Å². The molecule has 0 spiro atoms. The number of ether oxygens (including phenoxy) is 1. The standard InChI is InChI=1S/C16H19BrN2O5/c1-10-8-19(9-13(24-10)16(22)23)14(20)6-7-18-15(21)11-2-4-12(17)5-3-11/h2-5,10,13H,6-9H2,1H3,(H,18,21)(H,22,23)/t10-,13?/m1/s1. The normalized spacial score (nSPS) is 20.5. The van der Waals surface area contributed by atoms with Crippen molar-refractivity contribution in [2.45, 2.75) is 25.6 Å². The maximum atomic E-state index is 12.2. The highest BCUT2D eigenvalue weighted by Gasteiger charge is 2.32. The van der Waals surface area contributed by atoms with Crippen LogP contribution >= 0.6 is 15.9 Å². The third-order valence-electron chi connectivity index (χ3n) is 3.62. The molecule has 1 unspecified atom stereocenters. The van der Waals surface area contributed by atoms with Crippen LogP contribution in [0.5, 0.6) is 0 Å². The Balaban J connectivity index is 1.81. The van der Waals surface area contributed by atoms with Gasteiger partial charge in [0.25, 0.3) is 5.91 Å². The second-order valence-corrected chi connectivity index (χ2v) is 6.50. The number of nitrogens with one attached hydrogen (secondary N) is 1. The van der Waals surface area contributed by atoms with Crippen LogP contribution in [-0.2, 0) is 14.3 Å². The molecule has 1 aliphatic heterocycles. The topological polar surface area (TPSA) is 95.9 Å². The van der Waals surface area contributed by atoms with Crippen molar-refractivity contribution < 1.29 is 24.2 Å². The van der Waals surface area contributed by atoms with Crippen LogP contribution in [0.4, 0.5) is 0 Å². The molecule has 2 N–H and O–H groups in total. The van der Waals surface area contributed by atoms with E-state index in [1.807, 2.05) is 0 Å². The van der Waals surface area contributed by atoms with Gasteiger partial charge >= 0.3 is 5.97 Å². The van der Waals surface area contributed by atoms with Gasteiger partial charge in [0, 0.05) is 29.5 Å². The summed E-state index contributed by atoms with van der Waals surface area (Å²) in [6, 6.07) is 6.90. The number of halogens is 1. The van der Waals surface area contributed by atoms with Crippen molar-refractivity contribution in [2.24, 2.45) is 0 Å². The molecule has 7 nitrogen and oxygen atoms in total. The molecule has 130 valence electrons. The summed E-state index contributed by atoms with van der Waals surface area (Å²) in [5, 5.41) is 11.7. The molecule has 2 atom stereocenters. The van der Waals surface area contributed by atoms with Gasteiger partial charge in [-0.2, -0.15) is 0 Å². The molecule has 0 aromatic heterocycles. The number of aliphatic carboxylic acids is 1.